The first-order valence-corrected chi connectivity index (χ1v) is 9.23. The van der Waals surface area contributed by atoms with Crippen LogP contribution in [0.15, 0.2) is 0 Å². The second-order valence-corrected chi connectivity index (χ2v) is 8.59. The summed E-state index contributed by atoms with van der Waals surface area (Å²) in [5.41, 5.74) is 0. The second kappa shape index (κ2) is 6.55. The van der Waals surface area contributed by atoms with Gasteiger partial charge in [-0.2, -0.15) is 0 Å². The lowest BCUT2D eigenvalue weighted by atomic mass is 9.99. The average Bonchev–Trinajstić information content (AvgIpc) is 2.91. The maximum atomic E-state index is 12.6. The normalized spacial score (nSPS) is 27.2. The fourth-order valence-electron chi connectivity index (χ4n) is 3.22. The van der Waals surface area contributed by atoms with E-state index in [2.05, 4.69) is 19.2 Å². The van der Waals surface area contributed by atoms with E-state index in [1.165, 1.54) is 0 Å². The molecule has 1 heterocycles. The lowest BCUT2D eigenvalue weighted by molar-refractivity contribution is 0.254. The Hall–Kier alpha value is -0.130. The van der Waals surface area contributed by atoms with Crippen LogP contribution in [0.2, 0.25) is 0 Å². The summed E-state index contributed by atoms with van der Waals surface area (Å²) >= 11 is 0. The molecule has 0 aromatic carbocycles. The van der Waals surface area contributed by atoms with E-state index in [1.54, 1.807) is 4.31 Å². The van der Waals surface area contributed by atoms with Gasteiger partial charge >= 0.3 is 0 Å². The van der Waals surface area contributed by atoms with Crippen molar-refractivity contribution in [2.24, 2.45) is 5.92 Å². The van der Waals surface area contributed by atoms with Crippen LogP contribution in [-0.4, -0.2) is 43.6 Å². The molecule has 0 spiro atoms. The highest BCUT2D eigenvalue weighted by atomic mass is 32.2. The maximum Gasteiger partial charge on any atom is 0.216 e. The van der Waals surface area contributed by atoms with Gasteiger partial charge in [0.05, 0.1) is 5.25 Å². The molecule has 1 saturated carbocycles. The number of nitrogens with one attached hydrogen (secondary N) is 1. The molecule has 2 aliphatic rings. The van der Waals surface area contributed by atoms with Crippen LogP contribution in [-0.2, 0) is 10.0 Å². The molecule has 1 N–H and O–H groups in total. The van der Waals surface area contributed by atoms with E-state index in [1.807, 2.05) is 0 Å². The van der Waals surface area contributed by atoms with Crippen LogP contribution in [0.4, 0.5) is 0 Å². The zero-order chi connectivity index (χ0) is 13.9. The molecule has 0 bridgehead atoms. The van der Waals surface area contributed by atoms with Gasteiger partial charge in [0.25, 0.3) is 0 Å². The monoisotopic (exact) mass is 288 g/mol. The average molecular weight is 288 g/mol. The van der Waals surface area contributed by atoms with Crippen LogP contribution in [0.3, 0.4) is 0 Å². The molecule has 0 amide bonds. The topological polar surface area (TPSA) is 49.4 Å². The number of hydrogen-bond acceptors (Lipinski definition) is 3. The van der Waals surface area contributed by atoms with Crippen molar-refractivity contribution in [1.82, 2.24) is 9.62 Å². The van der Waals surface area contributed by atoms with Gasteiger partial charge < -0.3 is 5.32 Å². The van der Waals surface area contributed by atoms with Crippen molar-refractivity contribution >= 4 is 10.0 Å². The summed E-state index contributed by atoms with van der Waals surface area (Å²) < 4.78 is 26.9. The predicted molar refractivity (Wildman–Crippen MR) is 78.6 cm³/mol. The SMILES string of the molecule is CC(C)NCC1CCCN(S(=O)(=O)C2CCCC2)C1. The molecule has 0 radical (unpaired) electrons. The smallest absolute Gasteiger partial charge is 0.216 e. The molecular weight excluding hydrogens is 260 g/mol. The summed E-state index contributed by atoms with van der Waals surface area (Å²) in [7, 11) is -3.03. The van der Waals surface area contributed by atoms with Gasteiger partial charge in [-0.1, -0.05) is 26.7 Å². The summed E-state index contributed by atoms with van der Waals surface area (Å²) in [6.45, 7) is 6.66. The zero-order valence-corrected chi connectivity index (χ0v) is 13.1. The molecule has 2 rings (SSSR count). The van der Waals surface area contributed by atoms with Crippen LogP contribution >= 0.6 is 0 Å². The van der Waals surface area contributed by atoms with Crippen LogP contribution in [0, 0.1) is 5.92 Å². The van der Waals surface area contributed by atoms with Crippen LogP contribution in [0.25, 0.3) is 0 Å². The highest BCUT2D eigenvalue weighted by molar-refractivity contribution is 7.89. The number of rotatable bonds is 5. The molecule has 0 aromatic rings. The summed E-state index contributed by atoms with van der Waals surface area (Å²) in [6, 6.07) is 0.474. The molecule has 1 saturated heterocycles. The van der Waals surface area contributed by atoms with Crippen LogP contribution < -0.4 is 5.32 Å². The molecule has 2 fully saturated rings. The summed E-state index contributed by atoms with van der Waals surface area (Å²) in [5, 5.41) is 3.34. The number of sulfonamides is 1. The molecule has 19 heavy (non-hydrogen) atoms. The Morgan fingerprint density at radius 1 is 1.16 bits per heavy atom. The van der Waals surface area contributed by atoms with E-state index in [4.69, 9.17) is 0 Å². The van der Waals surface area contributed by atoms with E-state index in [-0.39, 0.29) is 5.25 Å². The van der Waals surface area contributed by atoms with Crippen molar-refractivity contribution in [2.45, 2.75) is 63.7 Å². The van der Waals surface area contributed by atoms with Gasteiger partial charge in [-0.25, -0.2) is 12.7 Å². The molecule has 1 aliphatic heterocycles. The van der Waals surface area contributed by atoms with Crippen molar-refractivity contribution < 1.29 is 8.42 Å². The van der Waals surface area contributed by atoms with Gasteiger partial charge in [-0.3, -0.25) is 0 Å². The highest BCUT2D eigenvalue weighted by Crippen LogP contribution is 2.29. The first-order valence-electron chi connectivity index (χ1n) is 7.72. The Labute approximate surface area is 118 Å². The first kappa shape index (κ1) is 15.3. The van der Waals surface area contributed by atoms with E-state index in [0.29, 0.717) is 12.0 Å². The van der Waals surface area contributed by atoms with Crippen molar-refractivity contribution in [3.8, 4) is 0 Å². The van der Waals surface area contributed by atoms with Gasteiger partial charge in [0.15, 0.2) is 0 Å². The van der Waals surface area contributed by atoms with Gasteiger partial charge in [-0.15, -0.1) is 0 Å². The van der Waals surface area contributed by atoms with Crippen molar-refractivity contribution in [1.29, 1.82) is 0 Å². The fourth-order valence-corrected chi connectivity index (χ4v) is 5.38. The zero-order valence-electron chi connectivity index (χ0n) is 12.3. The third kappa shape index (κ3) is 3.92. The van der Waals surface area contributed by atoms with Gasteiger partial charge in [0.2, 0.25) is 10.0 Å². The number of nitrogens with zero attached hydrogens (tertiary/aromatic N) is 1. The molecule has 1 unspecified atom stereocenters. The highest BCUT2D eigenvalue weighted by Gasteiger charge is 2.36. The van der Waals surface area contributed by atoms with Crippen LogP contribution in [0.1, 0.15) is 52.4 Å². The van der Waals surface area contributed by atoms with Gasteiger partial charge in [0, 0.05) is 19.1 Å². The minimum atomic E-state index is -3.03. The Bertz CT molecular complexity index is 375. The maximum absolute atomic E-state index is 12.6. The summed E-state index contributed by atoms with van der Waals surface area (Å²) in [4.78, 5) is 0. The molecule has 1 aliphatic carbocycles. The fraction of sp³-hybridized carbons (Fsp3) is 1.00. The van der Waals surface area contributed by atoms with E-state index < -0.39 is 10.0 Å². The minimum Gasteiger partial charge on any atom is -0.314 e. The Balaban J connectivity index is 1.92. The minimum absolute atomic E-state index is 0.0932. The Morgan fingerprint density at radius 2 is 1.84 bits per heavy atom. The number of hydrogen-bond donors (Lipinski definition) is 1. The molecule has 1 atom stereocenters. The molecule has 5 heteroatoms. The largest absolute Gasteiger partial charge is 0.314 e. The molecule has 0 aromatic heterocycles. The standard InChI is InChI=1S/C14H28N2O2S/c1-12(2)15-10-13-6-5-9-16(11-13)19(17,18)14-7-3-4-8-14/h12-15H,3-11H2,1-2H3. The summed E-state index contributed by atoms with van der Waals surface area (Å²) in [5.74, 6) is 0.479. The van der Waals surface area contributed by atoms with E-state index >= 15 is 0 Å². The quantitative estimate of drug-likeness (QED) is 0.841. The molecule has 4 nitrogen and oxygen atoms in total. The van der Waals surface area contributed by atoms with E-state index in [0.717, 1.165) is 58.2 Å². The first-order chi connectivity index (χ1) is 9.00. The number of piperidine rings is 1. The molecular formula is C14H28N2O2S. The third-order valence-corrected chi connectivity index (χ3v) is 6.75. The molecule has 112 valence electrons. The lowest BCUT2D eigenvalue weighted by Crippen LogP contribution is -2.46. The Kier molecular flexibility index (Phi) is 5.26. The van der Waals surface area contributed by atoms with Crippen molar-refractivity contribution in [2.75, 3.05) is 19.6 Å². The van der Waals surface area contributed by atoms with E-state index in [9.17, 15) is 8.42 Å². The summed E-state index contributed by atoms with van der Waals surface area (Å²) in [6.07, 6.45) is 6.06. The van der Waals surface area contributed by atoms with Crippen molar-refractivity contribution in [3.63, 3.8) is 0 Å². The third-order valence-electron chi connectivity index (χ3n) is 4.38. The lowest BCUT2D eigenvalue weighted by Gasteiger charge is -2.34. The van der Waals surface area contributed by atoms with Gasteiger partial charge in [0.1, 0.15) is 0 Å². The van der Waals surface area contributed by atoms with Crippen molar-refractivity contribution in [3.05, 3.63) is 0 Å². The van der Waals surface area contributed by atoms with Crippen LogP contribution in [0.5, 0.6) is 0 Å². The second-order valence-electron chi connectivity index (χ2n) is 6.38. The van der Waals surface area contributed by atoms with Gasteiger partial charge in [-0.05, 0) is 38.1 Å². The Morgan fingerprint density at radius 3 is 2.47 bits per heavy atom. The predicted octanol–water partition coefficient (Wildman–Crippen LogP) is 1.97.